The summed E-state index contributed by atoms with van der Waals surface area (Å²) >= 11 is 0. The van der Waals surface area contributed by atoms with E-state index in [-0.39, 0.29) is 31.1 Å². The van der Waals surface area contributed by atoms with Gasteiger partial charge in [-0.25, -0.2) is 4.79 Å². The van der Waals surface area contributed by atoms with Crippen LogP contribution in [0, 0.1) is 0 Å². The van der Waals surface area contributed by atoms with Crippen LogP contribution in [-0.2, 0) is 4.74 Å². The number of rotatable bonds is 2. The third-order valence-electron chi connectivity index (χ3n) is 2.89. The van der Waals surface area contributed by atoms with Gasteiger partial charge in [0.2, 0.25) is 0 Å². The van der Waals surface area contributed by atoms with Crippen molar-refractivity contribution >= 4 is 6.03 Å². The molecule has 6 heteroatoms. The van der Waals surface area contributed by atoms with E-state index in [0.717, 1.165) is 19.3 Å². The Morgan fingerprint density at radius 2 is 2.33 bits per heavy atom. The van der Waals surface area contributed by atoms with Gasteiger partial charge in [0.25, 0.3) is 0 Å². The summed E-state index contributed by atoms with van der Waals surface area (Å²) in [5, 5.41) is 11.6. The molecule has 3 atom stereocenters. The summed E-state index contributed by atoms with van der Waals surface area (Å²) in [6, 6.07) is -0.169. The van der Waals surface area contributed by atoms with Crippen LogP contribution in [0.3, 0.4) is 0 Å². The van der Waals surface area contributed by atoms with Gasteiger partial charge in [0, 0.05) is 6.54 Å². The molecule has 2 rings (SSSR count). The molecule has 0 aromatic rings. The van der Waals surface area contributed by atoms with Gasteiger partial charge in [-0.15, -0.1) is 0 Å². The number of nitrogens with one attached hydrogen (secondary N) is 1. The smallest absolute Gasteiger partial charge is 0.320 e. The lowest BCUT2D eigenvalue weighted by Gasteiger charge is -2.34. The van der Waals surface area contributed by atoms with Gasteiger partial charge in [-0.2, -0.15) is 0 Å². The van der Waals surface area contributed by atoms with Crippen LogP contribution >= 0.6 is 0 Å². The monoisotopic (exact) mass is 215 g/mol. The van der Waals surface area contributed by atoms with Gasteiger partial charge in [-0.3, -0.25) is 4.90 Å². The minimum atomic E-state index is -0.246. The van der Waals surface area contributed by atoms with Crippen molar-refractivity contribution in [1.82, 2.24) is 10.2 Å². The number of hydrogen-bond acceptors (Lipinski definition) is 4. The van der Waals surface area contributed by atoms with Crippen LogP contribution in [0.15, 0.2) is 0 Å². The molecule has 2 fully saturated rings. The van der Waals surface area contributed by atoms with Gasteiger partial charge in [-0.1, -0.05) is 0 Å². The molecule has 2 saturated heterocycles. The van der Waals surface area contributed by atoms with Gasteiger partial charge in [0.05, 0.1) is 18.9 Å². The van der Waals surface area contributed by atoms with Crippen LogP contribution in [0.1, 0.15) is 19.3 Å². The zero-order valence-electron chi connectivity index (χ0n) is 8.56. The number of nitrogens with zero attached hydrogens (tertiary/aromatic N) is 1. The Hall–Kier alpha value is -0.850. The minimum Gasteiger partial charge on any atom is -0.394 e. The summed E-state index contributed by atoms with van der Waals surface area (Å²) in [6.07, 6.45) is 1.75. The molecule has 0 spiro atoms. The zero-order chi connectivity index (χ0) is 10.8. The Morgan fingerprint density at radius 1 is 1.53 bits per heavy atom. The molecule has 0 bridgehead atoms. The van der Waals surface area contributed by atoms with Crippen molar-refractivity contribution in [3.63, 3.8) is 0 Å². The van der Waals surface area contributed by atoms with E-state index in [2.05, 4.69) is 5.32 Å². The maximum absolute atomic E-state index is 11.6. The van der Waals surface area contributed by atoms with Crippen molar-refractivity contribution in [2.24, 2.45) is 5.73 Å². The molecule has 6 nitrogen and oxygen atoms in total. The summed E-state index contributed by atoms with van der Waals surface area (Å²) in [5.41, 5.74) is 5.60. The van der Waals surface area contributed by atoms with Crippen molar-refractivity contribution < 1.29 is 14.6 Å². The van der Waals surface area contributed by atoms with E-state index in [0.29, 0.717) is 6.54 Å². The van der Waals surface area contributed by atoms with Gasteiger partial charge in [0.15, 0.2) is 0 Å². The summed E-state index contributed by atoms with van der Waals surface area (Å²) < 4.78 is 5.53. The molecule has 2 heterocycles. The van der Waals surface area contributed by atoms with Crippen LogP contribution in [0.4, 0.5) is 4.79 Å². The molecular formula is C9H17N3O3. The Kier molecular flexibility index (Phi) is 3.08. The predicted molar refractivity (Wildman–Crippen MR) is 52.8 cm³/mol. The Morgan fingerprint density at radius 3 is 2.93 bits per heavy atom. The topological polar surface area (TPSA) is 87.8 Å². The van der Waals surface area contributed by atoms with E-state index >= 15 is 0 Å². The van der Waals surface area contributed by atoms with E-state index < -0.39 is 0 Å². The first-order valence-electron chi connectivity index (χ1n) is 5.29. The molecule has 0 aromatic carbocycles. The maximum Gasteiger partial charge on any atom is 0.320 e. The largest absolute Gasteiger partial charge is 0.394 e. The van der Waals surface area contributed by atoms with E-state index in [1.807, 2.05) is 0 Å². The van der Waals surface area contributed by atoms with Crippen molar-refractivity contribution in [2.75, 3.05) is 13.2 Å². The van der Waals surface area contributed by atoms with Crippen molar-refractivity contribution in [3.05, 3.63) is 0 Å². The number of aliphatic hydroxyl groups is 1. The second kappa shape index (κ2) is 4.34. The fraction of sp³-hybridized carbons (Fsp3) is 0.889. The van der Waals surface area contributed by atoms with E-state index in [1.54, 1.807) is 4.90 Å². The number of hydrogen-bond donors (Lipinski definition) is 3. The molecule has 4 N–H and O–H groups in total. The SMILES string of the molecule is NC1CCN(C2CCC(CO)O2)C(=O)N1. The molecule has 3 unspecified atom stereocenters. The van der Waals surface area contributed by atoms with E-state index in [9.17, 15) is 4.79 Å². The number of carbonyl (C=O) groups excluding carboxylic acids is 1. The van der Waals surface area contributed by atoms with E-state index in [1.165, 1.54) is 0 Å². The van der Waals surface area contributed by atoms with Gasteiger partial charge in [0.1, 0.15) is 6.23 Å². The number of carbonyl (C=O) groups is 1. The van der Waals surface area contributed by atoms with Gasteiger partial charge >= 0.3 is 6.03 Å². The molecule has 0 aromatic heterocycles. The summed E-state index contributed by atoms with van der Waals surface area (Å²) in [6.45, 7) is 0.640. The molecule has 0 radical (unpaired) electrons. The summed E-state index contributed by atoms with van der Waals surface area (Å²) in [7, 11) is 0. The molecule has 2 aliphatic rings. The standard InChI is InChI=1S/C9H17N3O3/c10-7-3-4-12(9(14)11-7)8-2-1-6(5-13)15-8/h6-8,13H,1-5,10H2,(H,11,14). The van der Waals surface area contributed by atoms with Crippen LogP contribution in [-0.4, -0.2) is 47.7 Å². The lowest BCUT2D eigenvalue weighted by Crippen LogP contribution is -2.58. The number of aliphatic hydroxyl groups excluding tert-OH is 1. The highest BCUT2D eigenvalue weighted by Gasteiger charge is 2.34. The summed E-state index contributed by atoms with van der Waals surface area (Å²) in [5.74, 6) is 0. The third kappa shape index (κ3) is 2.22. The number of nitrogens with two attached hydrogens (primary N) is 1. The first-order chi connectivity index (χ1) is 7.20. The van der Waals surface area contributed by atoms with Crippen LogP contribution in [0.5, 0.6) is 0 Å². The van der Waals surface area contributed by atoms with Crippen molar-refractivity contribution in [1.29, 1.82) is 0 Å². The quantitative estimate of drug-likeness (QED) is 0.562. The van der Waals surface area contributed by atoms with Crippen LogP contribution in [0.25, 0.3) is 0 Å². The Balaban J connectivity index is 1.91. The second-order valence-electron chi connectivity index (χ2n) is 4.01. The van der Waals surface area contributed by atoms with Gasteiger partial charge < -0.3 is 20.9 Å². The fourth-order valence-electron chi connectivity index (χ4n) is 2.02. The second-order valence-corrected chi connectivity index (χ2v) is 4.01. The highest BCUT2D eigenvalue weighted by Crippen LogP contribution is 2.23. The lowest BCUT2D eigenvalue weighted by molar-refractivity contribution is -0.0551. The lowest BCUT2D eigenvalue weighted by atomic mass is 10.2. The molecule has 2 amide bonds. The highest BCUT2D eigenvalue weighted by molar-refractivity contribution is 5.75. The molecular weight excluding hydrogens is 198 g/mol. The number of amides is 2. The van der Waals surface area contributed by atoms with Gasteiger partial charge in [-0.05, 0) is 19.3 Å². The molecule has 0 aliphatic carbocycles. The average molecular weight is 215 g/mol. The van der Waals surface area contributed by atoms with Crippen molar-refractivity contribution in [2.45, 2.75) is 37.8 Å². The van der Waals surface area contributed by atoms with Crippen LogP contribution in [0.2, 0.25) is 0 Å². The first-order valence-corrected chi connectivity index (χ1v) is 5.29. The Bertz CT molecular complexity index is 249. The minimum absolute atomic E-state index is 0.0193. The maximum atomic E-state index is 11.6. The zero-order valence-corrected chi connectivity index (χ0v) is 8.56. The molecule has 86 valence electrons. The molecule has 15 heavy (non-hydrogen) atoms. The molecule has 2 aliphatic heterocycles. The Labute approximate surface area is 88.4 Å². The molecule has 0 saturated carbocycles. The first kappa shape index (κ1) is 10.7. The normalized spacial score (nSPS) is 36.8. The fourth-order valence-corrected chi connectivity index (χ4v) is 2.02. The predicted octanol–water partition coefficient (Wildman–Crippen LogP) is -0.816. The average Bonchev–Trinajstić information content (AvgIpc) is 2.66. The third-order valence-corrected chi connectivity index (χ3v) is 2.89. The highest BCUT2D eigenvalue weighted by atomic mass is 16.5. The van der Waals surface area contributed by atoms with E-state index in [4.69, 9.17) is 15.6 Å². The number of urea groups is 1. The summed E-state index contributed by atoms with van der Waals surface area (Å²) in [4.78, 5) is 13.2. The van der Waals surface area contributed by atoms with Crippen LogP contribution < -0.4 is 11.1 Å². The number of ether oxygens (including phenoxy) is 1. The van der Waals surface area contributed by atoms with Crippen molar-refractivity contribution in [3.8, 4) is 0 Å².